The quantitative estimate of drug-likeness (QED) is 0.162. The Kier molecular flexibility index (Phi) is 7.84. The SMILES string of the molecule is c1ccc(N(c2ccccc2)c2cccc(N(c3ccccc3)c3ccc(-c4ccc5c6ccccc6n(-c6ccccc6)c5c4)cc3)c2)cc1. The lowest BCUT2D eigenvalue weighted by molar-refractivity contribution is 1.18. The predicted molar refractivity (Wildman–Crippen MR) is 216 cm³/mol. The van der Waals surface area contributed by atoms with E-state index in [4.69, 9.17) is 0 Å². The first kappa shape index (κ1) is 30.2. The molecule has 0 bridgehead atoms. The fourth-order valence-corrected chi connectivity index (χ4v) is 7.21. The summed E-state index contributed by atoms with van der Waals surface area (Å²) in [6.07, 6.45) is 0. The number of hydrogen-bond acceptors (Lipinski definition) is 2. The van der Waals surface area contributed by atoms with Crippen LogP contribution in [0.1, 0.15) is 0 Å². The summed E-state index contributed by atoms with van der Waals surface area (Å²) >= 11 is 0. The highest BCUT2D eigenvalue weighted by atomic mass is 15.2. The summed E-state index contributed by atoms with van der Waals surface area (Å²) in [5.41, 5.74) is 12.5. The molecule has 9 aromatic rings. The predicted octanol–water partition coefficient (Wildman–Crippen LogP) is 13.4. The standard InChI is InChI=1S/C48H35N3/c1-5-16-38(17-6-1)49(39-18-7-2-8-19-39)43-24-15-25-44(35-43)50(40-20-9-3-10-21-40)42-31-28-36(29-32-42)37-30-33-46-45-26-13-14-27-47(45)51(48(46)34-37)41-22-11-4-12-23-41/h1-35H. The van der Waals surface area contributed by atoms with Gasteiger partial charge in [-0.25, -0.2) is 0 Å². The molecule has 0 fully saturated rings. The Hall–Kier alpha value is -6.84. The van der Waals surface area contributed by atoms with Crippen molar-refractivity contribution in [3.05, 3.63) is 212 Å². The zero-order valence-corrected chi connectivity index (χ0v) is 28.0. The van der Waals surface area contributed by atoms with E-state index in [9.17, 15) is 0 Å². The second-order valence-electron chi connectivity index (χ2n) is 12.7. The van der Waals surface area contributed by atoms with Crippen molar-refractivity contribution < 1.29 is 0 Å². The molecule has 8 aromatic carbocycles. The molecular formula is C48H35N3. The van der Waals surface area contributed by atoms with Crippen molar-refractivity contribution >= 4 is 55.9 Å². The van der Waals surface area contributed by atoms with E-state index in [0.717, 1.165) is 39.8 Å². The number of nitrogens with zero attached hydrogens (tertiary/aromatic N) is 3. The summed E-state index contributed by atoms with van der Waals surface area (Å²) in [6, 6.07) is 75.6. The number of anilines is 6. The summed E-state index contributed by atoms with van der Waals surface area (Å²) in [5, 5.41) is 2.52. The fourth-order valence-electron chi connectivity index (χ4n) is 7.21. The molecule has 0 N–H and O–H groups in total. The van der Waals surface area contributed by atoms with E-state index in [-0.39, 0.29) is 0 Å². The van der Waals surface area contributed by atoms with Gasteiger partial charge in [0.2, 0.25) is 0 Å². The molecular weight excluding hydrogens is 619 g/mol. The maximum atomic E-state index is 2.38. The minimum Gasteiger partial charge on any atom is -0.310 e. The maximum Gasteiger partial charge on any atom is 0.0547 e. The second kappa shape index (κ2) is 13.2. The lowest BCUT2D eigenvalue weighted by Crippen LogP contribution is -2.13. The van der Waals surface area contributed by atoms with E-state index in [2.05, 4.69) is 227 Å². The molecule has 0 saturated heterocycles. The molecule has 3 nitrogen and oxygen atoms in total. The highest BCUT2D eigenvalue weighted by Gasteiger charge is 2.18. The molecule has 0 aliphatic rings. The van der Waals surface area contributed by atoms with Crippen molar-refractivity contribution in [3.8, 4) is 16.8 Å². The molecule has 0 spiro atoms. The van der Waals surface area contributed by atoms with Crippen LogP contribution in [-0.2, 0) is 0 Å². The first-order valence-corrected chi connectivity index (χ1v) is 17.4. The molecule has 1 heterocycles. The van der Waals surface area contributed by atoms with E-state index in [1.165, 1.54) is 32.9 Å². The third-order valence-electron chi connectivity index (χ3n) is 9.54. The Morgan fingerprint density at radius 3 is 1.27 bits per heavy atom. The molecule has 0 radical (unpaired) electrons. The lowest BCUT2D eigenvalue weighted by atomic mass is 10.0. The van der Waals surface area contributed by atoms with Gasteiger partial charge in [-0.1, -0.05) is 121 Å². The third-order valence-corrected chi connectivity index (χ3v) is 9.54. The summed E-state index contributed by atoms with van der Waals surface area (Å²) in [7, 11) is 0. The molecule has 0 amide bonds. The minimum atomic E-state index is 1.08. The summed E-state index contributed by atoms with van der Waals surface area (Å²) in [5.74, 6) is 0. The van der Waals surface area contributed by atoms with Gasteiger partial charge in [-0.3, -0.25) is 0 Å². The summed E-state index contributed by atoms with van der Waals surface area (Å²) < 4.78 is 2.38. The normalized spacial score (nSPS) is 11.1. The highest BCUT2D eigenvalue weighted by Crippen LogP contribution is 2.41. The van der Waals surface area contributed by atoms with Crippen LogP contribution in [-0.4, -0.2) is 4.57 Å². The van der Waals surface area contributed by atoms with Crippen LogP contribution in [0.3, 0.4) is 0 Å². The van der Waals surface area contributed by atoms with Crippen LogP contribution in [0.2, 0.25) is 0 Å². The number of para-hydroxylation sites is 5. The maximum absolute atomic E-state index is 2.38. The van der Waals surface area contributed by atoms with Gasteiger partial charge in [-0.2, -0.15) is 0 Å². The van der Waals surface area contributed by atoms with Crippen LogP contribution in [0.15, 0.2) is 212 Å². The Labute approximate surface area is 298 Å². The molecule has 51 heavy (non-hydrogen) atoms. The van der Waals surface area contributed by atoms with Crippen molar-refractivity contribution in [2.75, 3.05) is 9.80 Å². The van der Waals surface area contributed by atoms with E-state index in [0.29, 0.717) is 0 Å². The first-order valence-electron chi connectivity index (χ1n) is 17.4. The van der Waals surface area contributed by atoms with E-state index >= 15 is 0 Å². The van der Waals surface area contributed by atoms with Crippen LogP contribution in [0.4, 0.5) is 34.1 Å². The zero-order chi connectivity index (χ0) is 34.0. The molecule has 242 valence electrons. The van der Waals surface area contributed by atoms with Gasteiger partial charge < -0.3 is 14.4 Å². The largest absolute Gasteiger partial charge is 0.310 e. The van der Waals surface area contributed by atoms with Gasteiger partial charge >= 0.3 is 0 Å². The van der Waals surface area contributed by atoms with Gasteiger partial charge in [0.25, 0.3) is 0 Å². The molecule has 0 unspecified atom stereocenters. The van der Waals surface area contributed by atoms with Crippen molar-refractivity contribution in [2.45, 2.75) is 0 Å². The van der Waals surface area contributed by atoms with Crippen molar-refractivity contribution in [3.63, 3.8) is 0 Å². The lowest BCUT2D eigenvalue weighted by Gasteiger charge is -2.29. The van der Waals surface area contributed by atoms with Gasteiger partial charge in [0.15, 0.2) is 0 Å². The number of fused-ring (bicyclic) bond motifs is 3. The highest BCUT2D eigenvalue weighted by molar-refractivity contribution is 6.10. The van der Waals surface area contributed by atoms with E-state index < -0.39 is 0 Å². The van der Waals surface area contributed by atoms with Gasteiger partial charge in [-0.15, -0.1) is 0 Å². The molecule has 1 aromatic heterocycles. The van der Waals surface area contributed by atoms with Crippen LogP contribution < -0.4 is 9.80 Å². The average molecular weight is 654 g/mol. The van der Waals surface area contributed by atoms with Crippen LogP contribution in [0.25, 0.3) is 38.6 Å². The van der Waals surface area contributed by atoms with Gasteiger partial charge in [0.05, 0.1) is 11.0 Å². The second-order valence-corrected chi connectivity index (χ2v) is 12.7. The van der Waals surface area contributed by atoms with Gasteiger partial charge in [0, 0.05) is 50.6 Å². The number of benzene rings is 8. The number of rotatable bonds is 8. The van der Waals surface area contributed by atoms with Crippen molar-refractivity contribution in [1.82, 2.24) is 4.57 Å². The van der Waals surface area contributed by atoms with Gasteiger partial charge in [-0.05, 0) is 102 Å². The summed E-state index contributed by atoms with van der Waals surface area (Å²) in [6.45, 7) is 0. The van der Waals surface area contributed by atoms with Crippen LogP contribution >= 0.6 is 0 Å². The third kappa shape index (κ3) is 5.71. The summed E-state index contributed by atoms with van der Waals surface area (Å²) in [4.78, 5) is 4.64. The molecule has 0 saturated carbocycles. The fraction of sp³-hybridized carbons (Fsp3) is 0. The topological polar surface area (TPSA) is 11.4 Å². The smallest absolute Gasteiger partial charge is 0.0547 e. The van der Waals surface area contributed by atoms with Crippen molar-refractivity contribution in [1.29, 1.82) is 0 Å². The Bertz CT molecular complexity index is 2520. The minimum absolute atomic E-state index is 1.08. The monoisotopic (exact) mass is 653 g/mol. The molecule has 0 aliphatic carbocycles. The zero-order valence-electron chi connectivity index (χ0n) is 28.0. The Morgan fingerprint density at radius 2 is 0.706 bits per heavy atom. The molecule has 0 aliphatic heterocycles. The van der Waals surface area contributed by atoms with E-state index in [1.807, 2.05) is 0 Å². The number of hydrogen-bond donors (Lipinski definition) is 0. The molecule has 3 heteroatoms. The van der Waals surface area contributed by atoms with Crippen LogP contribution in [0.5, 0.6) is 0 Å². The molecule has 0 atom stereocenters. The van der Waals surface area contributed by atoms with Gasteiger partial charge in [0.1, 0.15) is 0 Å². The average Bonchev–Trinajstić information content (AvgIpc) is 3.54. The Balaban J connectivity index is 1.13. The molecule has 9 rings (SSSR count). The van der Waals surface area contributed by atoms with Crippen molar-refractivity contribution in [2.24, 2.45) is 0 Å². The first-order chi connectivity index (χ1) is 25.3. The number of aromatic nitrogens is 1. The van der Waals surface area contributed by atoms with Crippen LogP contribution in [0, 0.1) is 0 Å². The van der Waals surface area contributed by atoms with E-state index in [1.54, 1.807) is 0 Å². The Morgan fingerprint density at radius 1 is 0.275 bits per heavy atom.